The van der Waals surface area contributed by atoms with Crippen molar-refractivity contribution >= 4 is 21.5 Å². The van der Waals surface area contributed by atoms with Crippen LogP contribution >= 0.6 is 0 Å². The quantitative estimate of drug-likeness (QED) is 0.389. The Bertz CT molecular complexity index is 1120. The predicted molar refractivity (Wildman–Crippen MR) is 111 cm³/mol. The monoisotopic (exact) mass is 340 g/mol. The van der Waals surface area contributed by atoms with Crippen molar-refractivity contribution < 1.29 is 0 Å². The summed E-state index contributed by atoms with van der Waals surface area (Å²) in [7, 11) is 0. The van der Waals surface area contributed by atoms with E-state index in [0.717, 1.165) is 11.4 Å². The van der Waals surface area contributed by atoms with Gasteiger partial charge in [0.1, 0.15) is 0 Å². The van der Waals surface area contributed by atoms with Gasteiger partial charge in [0.15, 0.2) is 0 Å². The fourth-order valence-corrected chi connectivity index (χ4v) is 3.93. The molecule has 4 rings (SSSR count). The van der Waals surface area contributed by atoms with Gasteiger partial charge in [-0.3, -0.25) is 9.97 Å². The van der Waals surface area contributed by atoms with E-state index in [1.54, 1.807) is 0 Å². The lowest BCUT2D eigenvalue weighted by Gasteiger charge is -2.14. The molecule has 0 aliphatic rings. The Kier molecular flexibility index (Phi) is 3.99. The molecule has 0 N–H and O–H groups in total. The average Bonchev–Trinajstić information content (AvgIpc) is 2.59. The maximum absolute atomic E-state index is 4.80. The van der Waals surface area contributed by atoms with Crippen LogP contribution in [0, 0.1) is 20.8 Å². The van der Waals surface area contributed by atoms with Crippen molar-refractivity contribution in [3.05, 3.63) is 71.2 Å². The zero-order valence-corrected chi connectivity index (χ0v) is 16.1. The van der Waals surface area contributed by atoms with Gasteiger partial charge in [0.2, 0.25) is 0 Å². The number of benzene rings is 2. The largest absolute Gasteiger partial charge is 0.257 e. The standard InChI is InChI=1S/C24H24N2/c1-14(2)23-21-7-6-20-19(22(21)13-17(5)26-23)8-9-25-24(20)18-11-15(3)10-16(4)12-18/h6-14H,1-5H3. The molecule has 2 aromatic carbocycles. The molecule has 4 aromatic rings. The second-order valence-corrected chi connectivity index (χ2v) is 7.60. The van der Waals surface area contributed by atoms with Gasteiger partial charge >= 0.3 is 0 Å². The summed E-state index contributed by atoms with van der Waals surface area (Å²) in [5.41, 5.74) is 7.01. The molecule has 130 valence electrons. The smallest absolute Gasteiger partial charge is 0.0780 e. The van der Waals surface area contributed by atoms with Crippen LogP contribution in [-0.4, -0.2) is 9.97 Å². The van der Waals surface area contributed by atoms with E-state index in [9.17, 15) is 0 Å². The molecule has 0 amide bonds. The molecule has 0 saturated heterocycles. The number of aryl methyl sites for hydroxylation is 3. The number of rotatable bonds is 2. The summed E-state index contributed by atoms with van der Waals surface area (Å²) in [6.45, 7) is 10.8. The molecule has 2 aromatic heterocycles. The number of pyridine rings is 2. The Morgan fingerprint density at radius 1 is 0.731 bits per heavy atom. The minimum absolute atomic E-state index is 0.399. The van der Waals surface area contributed by atoms with Gasteiger partial charge in [-0.1, -0.05) is 43.2 Å². The predicted octanol–water partition coefficient (Wildman–Crippen LogP) is 6.50. The Hall–Kier alpha value is -2.74. The Morgan fingerprint density at radius 3 is 2.12 bits per heavy atom. The van der Waals surface area contributed by atoms with Gasteiger partial charge in [-0.2, -0.15) is 0 Å². The lowest BCUT2D eigenvalue weighted by molar-refractivity contribution is 0.828. The highest BCUT2D eigenvalue weighted by molar-refractivity contribution is 6.11. The van der Waals surface area contributed by atoms with Gasteiger partial charge in [0.25, 0.3) is 0 Å². The molecule has 2 heterocycles. The van der Waals surface area contributed by atoms with Crippen molar-refractivity contribution in [3.8, 4) is 11.3 Å². The topological polar surface area (TPSA) is 25.8 Å². The van der Waals surface area contributed by atoms with Gasteiger partial charge in [-0.15, -0.1) is 0 Å². The molecule has 0 radical (unpaired) electrons. The van der Waals surface area contributed by atoms with Crippen LogP contribution in [0.5, 0.6) is 0 Å². The first kappa shape index (κ1) is 16.7. The van der Waals surface area contributed by atoms with Crippen molar-refractivity contribution in [2.24, 2.45) is 0 Å². The van der Waals surface area contributed by atoms with Crippen LogP contribution in [0.4, 0.5) is 0 Å². The van der Waals surface area contributed by atoms with E-state index < -0.39 is 0 Å². The van der Waals surface area contributed by atoms with Crippen molar-refractivity contribution in [1.82, 2.24) is 9.97 Å². The van der Waals surface area contributed by atoms with E-state index in [1.165, 1.54) is 43.9 Å². The van der Waals surface area contributed by atoms with Crippen LogP contribution in [-0.2, 0) is 0 Å². The highest BCUT2D eigenvalue weighted by Crippen LogP contribution is 2.35. The molecule has 0 saturated carbocycles. The summed E-state index contributed by atoms with van der Waals surface area (Å²) in [5.74, 6) is 0.399. The lowest BCUT2D eigenvalue weighted by Crippen LogP contribution is -1.97. The summed E-state index contributed by atoms with van der Waals surface area (Å²) < 4.78 is 0. The molecule has 2 nitrogen and oxygen atoms in total. The number of nitrogens with zero attached hydrogens (tertiary/aromatic N) is 2. The fourth-order valence-electron chi connectivity index (χ4n) is 3.93. The third-order valence-corrected chi connectivity index (χ3v) is 4.96. The fraction of sp³-hybridized carbons (Fsp3) is 0.250. The van der Waals surface area contributed by atoms with E-state index in [2.05, 4.69) is 77.1 Å². The van der Waals surface area contributed by atoms with Crippen molar-refractivity contribution in [1.29, 1.82) is 0 Å². The third kappa shape index (κ3) is 2.76. The van der Waals surface area contributed by atoms with Gasteiger partial charge in [-0.25, -0.2) is 0 Å². The first-order valence-electron chi connectivity index (χ1n) is 9.21. The van der Waals surface area contributed by atoms with E-state index in [0.29, 0.717) is 5.92 Å². The Balaban J connectivity index is 2.08. The molecule has 0 atom stereocenters. The second-order valence-electron chi connectivity index (χ2n) is 7.60. The molecular formula is C24H24N2. The average molecular weight is 340 g/mol. The highest BCUT2D eigenvalue weighted by Gasteiger charge is 2.13. The van der Waals surface area contributed by atoms with Gasteiger partial charge in [0, 0.05) is 28.2 Å². The summed E-state index contributed by atoms with van der Waals surface area (Å²) in [6.07, 6.45) is 1.93. The maximum atomic E-state index is 4.80. The normalized spacial score (nSPS) is 11.6. The molecular weight excluding hydrogens is 316 g/mol. The minimum atomic E-state index is 0.399. The van der Waals surface area contributed by atoms with Crippen LogP contribution in [0.15, 0.2) is 48.7 Å². The van der Waals surface area contributed by atoms with E-state index in [1.807, 2.05) is 6.20 Å². The summed E-state index contributed by atoms with van der Waals surface area (Å²) in [5, 5.41) is 4.96. The minimum Gasteiger partial charge on any atom is -0.257 e. The molecule has 0 spiro atoms. The summed E-state index contributed by atoms with van der Waals surface area (Å²) in [4.78, 5) is 9.53. The zero-order chi connectivity index (χ0) is 18.4. The molecule has 2 heteroatoms. The third-order valence-electron chi connectivity index (χ3n) is 4.96. The van der Waals surface area contributed by atoms with Crippen molar-refractivity contribution in [2.75, 3.05) is 0 Å². The van der Waals surface area contributed by atoms with Crippen LogP contribution in [0.1, 0.15) is 42.3 Å². The second kappa shape index (κ2) is 6.21. The van der Waals surface area contributed by atoms with Crippen molar-refractivity contribution in [3.63, 3.8) is 0 Å². The highest BCUT2D eigenvalue weighted by atomic mass is 14.7. The zero-order valence-electron chi connectivity index (χ0n) is 16.1. The van der Waals surface area contributed by atoms with Crippen LogP contribution in [0.25, 0.3) is 32.8 Å². The summed E-state index contributed by atoms with van der Waals surface area (Å²) in [6, 6.07) is 15.4. The Morgan fingerprint density at radius 2 is 1.42 bits per heavy atom. The molecule has 26 heavy (non-hydrogen) atoms. The van der Waals surface area contributed by atoms with Gasteiger partial charge in [-0.05, 0) is 61.7 Å². The number of hydrogen-bond acceptors (Lipinski definition) is 2. The Labute approximate surface area is 154 Å². The van der Waals surface area contributed by atoms with Gasteiger partial charge in [0.05, 0.1) is 11.4 Å². The molecule has 0 bridgehead atoms. The number of aromatic nitrogens is 2. The molecule has 0 unspecified atom stereocenters. The lowest BCUT2D eigenvalue weighted by atomic mass is 9.94. The SMILES string of the molecule is Cc1cc(C)cc(-c2nccc3c2ccc2c(C(C)C)nc(C)cc23)c1. The number of fused-ring (bicyclic) bond motifs is 3. The van der Waals surface area contributed by atoms with Gasteiger partial charge < -0.3 is 0 Å². The van der Waals surface area contributed by atoms with E-state index in [4.69, 9.17) is 9.97 Å². The molecule has 0 aliphatic carbocycles. The van der Waals surface area contributed by atoms with Crippen LogP contribution in [0.2, 0.25) is 0 Å². The maximum Gasteiger partial charge on any atom is 0.0780 e. The molecule has 0 fully saturated rings. The van der Waals surface area contributed by atoms with E-state index in [-0.39, 0.29) is 0 Å². The molecule has 0 aliphatic heterocycles. The van der Waals surface area contributed by atoms with Crippen LogP contribution in [0.3, 0.4) is 0 Å². The summed E-state index contributed by atoms with van der Waals surface area (Å²) >= 11 is 0. The first-order chi connectivity index (χ1) is 12.4. The van der Waals surface area contributed by atoms with E-state index >= 15 is 0 Å². The van der Waals surface area contributed by atoms with Crippen LogP contribution < -0.4 is 0 Å². The first-order valence-corrected chi connectivity index (χ1v) is 9.21. The van der Waals surface area contributed by atoms with Crippen molar-refractivity contribution in [2.45, 2.75) is 40.5 Å². The number of hydrogen-bond donors (Lipinski definition) is 0.